The molecule has 4 rings (SSSR count). The van der Waals surface area contributed by atoms with Crippen LogP contribution in [0.15, 0.2) is 54.6 Å². The van der Waals surface area contributed by atoms with Crippen LogP contribution in [0.5, 0.6) is 0 Å². The highest BCUT2D eigenvalue weighted by Crippen LogP contribution is 2.27. The summed E-state index contributed by atoms with van der Waals surface area (Å²) >= 11 is 0. The minimum atomic E-state index is -0.0711. The molecule has 33 heavy (non-hydrogen) atoms. The Morgan fingerprint density at radius 3 is 2.33 bits per heavy atom. The van der Waals surface area contributed by atoms with Crippen LogP contribution in [0.3, 0.4) is 0 Å². The Bertz CT molecular complexity index is 1100. The van der Waals surface area contributed by atoms with Crippen LogP contribution >= 0.6 is 0 Å². The van der Waals surface area contributed by atoms with Crippen LogP contribution in [-0.4, -0.2) is 47.0 Å². The van der Waals surface area contributed by atoms with E-state index in [9.17, 15) is 4.79 Å². The second-order valence-electron chi connectivity index (χ2n) is 9.01. The summed E-state index contributed by atoms with van der Waals surface area (Å²) in [6, 6.07) is 18.8. The van der Waals surface area contributed by atoms with E-state index in [1.807, 2.05) is 30.0 Å². The number of nitrogens with zero attached hydrogens (tertiary/aromatic N) is 4. The summed E-state index contributed by atoms with van der Waals surface area (Å²) in [7, 11) is 0. The first-order valence-electron chi connectivity index (χ1n) is 11.9. The lowest BCUT2D eigenvalue weighted by atomic mass is 9.94. The van der Waals surface area contributed by atoms with Gasteiger partial charge in [-0.15, -0.1) is 0 Å². The normalized spacial score (nSPS) is 14.9. The largest absolute Gasteiger partial charge is 0.353 e. The molecule has 0 saturated carbocycles. The molecule has 1 fully saturated rings. The number of hydrogen-bond acceptors (Lipinski definition) is 4. The maximum absolute atomic E-state index is 13.3. The Morgan fingerprint density at radius 1 is 0.939 bits per heavy atom. The lowest BCUT2D eigenvalue weighted by molar-refractivity contribution is -0.133. The van der Waals surface area contributed by atoms with Crippen LogP contribution in [0.1, 0.15) is 53.0 Å². The molecular formula is C28H34N4O. The summed E-state index contributed by atoms with van der Waals surface area (Å²) in [5.74, 6) is 1.98. The Morgan fingerprint density at radius 2 is 1.67 bits per heavy atom. The van der Waals surface area contributed by atoms with Crippen molar-refractivity contribution in [2.24, 2.45) is 0 Å². The molecule has 1 unspecified atom stereocenters. The zero-order chi connectivity index (χ0) is 23.4. The first-order chi connectivity index (χ1) is 16.0. The summed E-state index contributed by atoms with van der Waals surface area (Å²) < 4.78 is 0. The molecule has 0 bridgehead atoms. The van der Waals surface area contributed by atoms with Crippen molar-refractivity contribution in [1.29, 1.82) is 0 Å². The van der Waals surface area contributed by atoms with Gasteiger partial charge in [0, 0.05) is 43.9 Å². The summed E-state index contributed by atoms with van der Waals surface area (Å²) in [6.45, 7) is 11.3. The lowest BCUT2D eigenvalue weighted by Gasteiger charge is -2.38. The first kappa shape index (κ1) is 23.0. The van der Waals surface area contributed by atoms with Crippen molar-refractivity contribution >= 4 is 11.7 Å². The van der Waals surface area contributed by atoms with Gasteiger partial charge in [-0.1, -0.05) is 67.1 Å². The third kappa shape index (κ3) is 5.24. The van der Waals surface area contributed by atoms with Gasteiger partial charge in [0.1, 0.15) is 11.6 Å². The quantitative estimate of drug-likeness (QED) is 0.548. The average Bonchev–Trinajstić information content (AvgIpc) is 2.82. The van der Waals surface area contributed by atoms with Crippen molar-refractivity contribution in [3.05, 3.63) is 88.4 Å². The monoisotopic (exact) mass is 442 g/mol. The number of amides is 1. The number of anilines is 1. The molecule has 1 aliphatic rings. The number of hydrogen-bond donors (Lipinski definition) is 0. The summed E-state index contributed by atoms with van der Waals surface area (Å²) in [5.41, 5.74) is 5.86. The minimum Gasteiger partial charge on any atom is -0.353 e. The van der Waals surface area contributed by atoms with E-state index in [1.165, 1.54) is 16.7 Å². The van der Waals surface area contributed by atoms with Gasteiger partial charge in [0.05, 0.1) is 5.92 Å². The average molecular weight is 443 g/mol. The highest BCUT2D eigenvalue weighted by Gasteiger charge is 2.29. The Hall–Kier alpha value is -3.21. The van der Waals surface area contributed by atoms with Gasteiger partial charge in [0.2, 0.25) is 5.91 Å². The maximum atomic E-state index is 13.3. The summed E-state index contributed by atoms with van der Waals surface area (Å²) in [5, 5.41) is 0. The van der Waals surface area contributed by atoms with Gasteiger partial charge in [0.25, 0.3) is 0 Å². The maximum Gasteiger partial charge on any atom is 0.230 e. The number of benzene rings is 2. The molecule has 1 atom stereocenters. The van der Waals surface area contributed by atoms with Gasteiger partial charge in [-0.05, 0) is 38.3 Å². The number of carbonyl (C=O) groups is 1. The molecule has 0 aliphatic carbocycles. The fourth-order valence-electron chi connectivity index (χ4n) is 4.81. The van der Waals surface area contributed by atoms with Gasteiger partial charge >= 0.3 is 0 Å². The van der Waals surface area contributed by atoms with E-state index in [1.54, 1.807) is 0 Å². The molecule has 0 radical (unpaired) electrons. The molecule has 0 spiro atoms. The summed E-state index contributed by atoms with van der Waals surface area (Å²) in [6.07, 6.45) is 1.63. The first-order valence-corrected chi connectivity index (χ1v) is 11.9. The third-order valence-electron chi connectivity index (χ3n) is 6.57. The molecule has 172 valence electrons. The van der Waals surface area contributed by atoms with E-state index in [0.29, 0.717) is 13.1 Å². The SMILES string of the molecule is CCC(C(=O)N1CCN(c2nc(C)nc(C)c2Cc2cccc(C)c2)CC1)c1ccccc1. The predicted molar refractivity (Wildman–Crippen MR) is 134 cm³/mol. The highest BCUT2D eigenvalue weighted by molar-refractivity contribution is 5.84. The third-order valence-corrected chi connectivity index (χ3v) is 6.57. The molecule has 2 heterocycles. The van der Waals surface area contributed by atoms with E-state index in [0.717, 1.165) is 48.8 Å². The van der Waals surface area contributed by atoms with E-state index < -0.39 is 0 Å². The fraction of sp³-hybridized carbons (Fsp3) is 0.393. The zero-order valence-electron chi connectivity index (χ0n) is 20.2. The van der Waals surface area contributed by atoms with Gasteiger partial charge in [-0.3, -0.25) is 4.79 Å². The molecule has 0 N–H and O–H groups in total. The van der Waals surface area contributed by atoms with Crippen LogP contribution in [0.2, 0.25) is 0 Å². The molecule has 5 nitrogen and oxygen atoms in total. The zero-order valence-corrected chi connectivity index (χ0v) is 20.2. The van der Waals surface area contributed by atoms with E-state index >= 15 is 0 Å². The topological polar surface area (TPSA) is 49.3 Å². The van der Waals surface area contributed by atoms with Gasteiger partial charge in [-0.25, -0.2) is 9.97 Å². The van der Waals surface area contributed by atoms with E-state index in [4.69, 9.17) is 4.98 Å². The van der Waals surface area contributed by atoms with Gasteiger partial charge in [-0.2, -0.15) is 0 Å². The van der Waals surface area contributed by atoms with E-state index in [2.05, 4.69) is 67.1 Å². The molecule has 1 amide bonds. The standard InChI is InChI=1S/C28H34N4O/c1-5-25(24-12-7-6-8-13-24)28(33)32-16-14-31(15-17-32)27-26(21(3)29-22(4)30-27)19-23-11-9-10-20(2)18-23/h6-13,18,25H,5,14-17,19H2,1-4H3. The van der Waals surface area contributed by atoms with Crippen molar-refractivity contribution in [3.8, 4) is 0 Å². The van der Waals surface area contributed by atoms with Crippen molar-refractivity contribution in [3.63, 3.8) is 0 Å². The van der Waals surface area contributed by atoms with Crippen molar-refractivity contribution in [2.45, 2.75) is 46.5 Å². The van der Waals surface area contributed by atoms with Crippen molar-refractivity contribution in [1.82, 2.24) is 14.9 Å². The fourth-order valence-corrected chi connectivity index (χ4v) is 4.81. The molecular weight excluding hydrogens is 408 g/mol. The Balaban J connectivity index is 1.51. The number of aromatic nitrogens is 2. The second kappa shape index (κ2) is 10.2. The molecule has 3 aromatic rings. The number of rotatable bonds is 6. The van der Waals surface area contributed by atoms with Crippen LogP contribution < -0.4 is 4.90 Å². The molecule has 2 aromatic carbocycles. The van der Waals surface area contributed by atoms with Crippen LogP contribution in [0.25, 0.3) is 0 Å². The van der Waals surface area contributed by atoms with Gasteiger partial charge < -0.3 is 9.80 Å². The molecule has 1 aromatic heterocycles. The van der Waals surface area contributed by atoms with Crippen LogP contribution in [0.4, 0.5) is 5.82 Å². The molecule has 1 aliphatic heterocycles. The van der Waals surface area contributed by atoms with Crippen molar-refractivity contribution in [2.75, 3.05) is 31.1 Å². The lowest BCUT2D eigenvalue weighted by Crippen LogP contribution is -2.50. The molecule has 5 heteroatoms. The van der Waals surface area contributed by atoms with Gasteiger partial charge in [0.15, 0.2) is 0 Å². The highest BCUT2D eigenvalue weighted by atomic mass is 16.2. The van der Waals surface area contributed by atoms with Crippen molar-refractivity contribution < 1.29 is 4.79 Å². The van der Waals surface area contributed by atoms with Crippen LogP contribution in [-0.2, 0) is 11.2 Å². The Labute approximate surface area is 197 Å². The molecule has 1 saturated heterocycles. The number of aryl methyl sites for hydroxylation is 3. The van der Waals surface area contributed by atoms with E-state index in [-0.39, 0.29) is 11.8 Å². The van der Waals surface area contributed by atoms with Crippen LogP contribution in [0, 0.1) is 20.8 Å². The minimum absolute atomic E-state index is 0.0711. The predicted octanol–water partition coefficient (Wildman–Crippen LogP) is 4.84. The Kier molecular flexibility index (Phi) is 7.07. The second-order valence-corrected chi connectivity index (χ2v) is 9.01. The summed E-state index contributed by atoms with van der Waals surface area (Å²) in [4.78, 5) is 27.2. The number of piperazine rings is 1. The number of carbonyl (C=O) groups excluding carboxylic acids is 1. The smallest absolute Gasteiger partial charge is 0.230 e.